The first kappa shape index (κ1) is 24.5. The molecule has 31 heavy (non-hydrogen) atoms. The number of carbonyl (C=O) groups excluding carboxylic acids is 1. The Hall–Kier alpha value is -2.75. The minimum Gasteiger partial charge on any atom is -0.465 e. The number of nitrogens with one attached hydrogen (secondary N) is 2. The predicted molar refractivity (Wildman–Crippen MR) is 109 cm³/mol. The topological polar surface area (TPSA) is 108 Å². The van der Waals surface area contributed by atoms with Gasteiger partial charge in [0.2, 0.25) is 5.91 Å². The largest absolute Gasteiger partial charge is 0.465 e. The van der Waals surface area contributed by atoms with Crippen LogP contribution in [0.3, 0.4) is 0 Å². The Kier molecular flexibility index (Phi) is 9.64. The van der Waals surface area contributed by atoms with E-state index in [0.717, 1.165) is 17.7 Å². The molecule has 0 aliphatic heterocycles. The fourth-order valence-corrected chi connectivity index (χ4v) is 3.29. The molecule has 7 nitrogen and oxygen atoms in total. The van der Waals surface area contributed by atoms with Crippen LogP contribution in [0.15, 0.2) is 42.5 Å². The third-order valence-electron chi connectivity index (χ3n) is 4.62. The monoisotopic (exact) mass is 456 g/mol. The SMILES string of the molecule is O=C(O)NCCCO[C@H](CC(=O)NO)[C@H](Cc1ccc(Cl)cc1)c1ccc(F)cc1F. The first-order chi connectivity index (χ1) is 14.8. The Bertz CT molecular complexity index is 883. The molecule has 0 aliphatic carbocycles. The van der Waals surface area contributed by atoms with E-state index in [1.807, 2.05) is 0 Å². The summed E-state index contributed by atoms with van der Waals surface area (Å²) in [4.78, 5) is 22.4. The maximum atomic E-state index is 14.6. The van der Waals surface area contributed by atoms with Crippen molar-refractivity contribution in [2.75, 3.05) is 13.2 Å². The number of rotatable bonds is 11. The summed E-state index contributed by atoms with van der Waals surface area (Å²) in [5, 5.41) is 20.3. The second-order valence-corrected chi connectivity index (χ2v) is 7.27. The summed E-state index contributed by atoms with van der Waals surface area (Å²) < 4.78 is 33.9. The molecule has 0 unspecified atom stereocenters. The van der Waals surface area contributed by atoms with Crippen LogP contribution in [0.25, 0.3) is 0 Å². The molecule has 0 saturated carbocycles. The van der Waals surface area contributed by atoms with E-state index in [1.165, 1.54) is 11.5 Å². The van der Waals surface area contributed by atoms with Crippen molar-refractivity contribution in [3.05, 3.63) is 70.2 Å². The van der Waals surface area contributed by atoms with Crippen LogP contribution < -0.4 is 10.8 Å². The zero-order valence-corrected chi connectivity index (χ0v) is 17.2. The normalized spacial score (nSPS) is 12.8. The van der Waals surface area contributed by atoms with E-state index in [2.05, 4.69) is 5.32 Å². The standard InChI is InChI=1S/C21H23ClF2N2O5/c22-14-4-2-13(3-5-14)10-17(16-7-6-15(23)11-18(16)24)19(12-20(27)26-30)31-9-1-8-25-21(28)29/h2-7,11,17,19,25,30H,1,8-10,12H2,(H,26,27)(H,28,29)/t17-,19-/m1/s1. The zero-order valence-electron chi connectivity index (χ0n) is 16.5. The van der Waals surface area contributed by atoms with Crippen molar-refractivity contribution in [2.24, 2.45) is 0 Å². The van der Waals surface area contributed by atoms with E-state index in [4.69, 9.17) is 26.7 Å². The molecular formula is C21H23ClF2N2O5. The number of hydrogen-bond acceptors (Lipinski definition) is 4. The van der Waals surface area contributed by atoms with E-state index in [0.29, 0.717) is 11.4 Å². The van der Waals surface area contributed by atoms with Gasteiger partial charge in [0.05, 0.1) is 12.5 Å². The summed E-state index contributed by atoms with van der Waals surface area (Å²) in [6, 6.07) is 10.0. The smallest absolute Gasteiger partial charge is 0.404 e. The van der Waals surface area contributed by atoms with Crippen molar-refractivity contribution in [1.29, 1.82) is 0 Å². The molecule has 0 aromatic heterocycles. The minimum absolute atomic E-state index is 0.0730. The fraction of sp³-hybridized carbons (Fsp3) is 0.333. The Morgan fingerprint density at radius 3 is 2.45 bits per heavy atom. The van der Waals surface area contributed by atoms with Crippen LogP contribution in [-0.4, -0.2) is 41.6 Å². The molecular weight excluding hydrogens is 434 g/mol. The van der Waals surface area contributed by atoms with Crippen molar-refractivity contribution in [1.82, 2.24) is 10.8 Å². The summed E-state index contributed by atoms with van der Waals surface area (Å²) >= 11 is 5.92. The number of halogens is 3. The second-order valence-electron chi connectivity index (χ2n) is 6.84. The summed E-state index contributed by atoms with van der Waals surface area (Å²) in [5.74, 6) is -2.97. The van der Waals surface area contributed by atoms with Crippen LogP contribution in [-0.2, 0) is 16.0 Å². The number of benzene rings is 2. The van der Waals surface area contributed by atoms with Crippen molar-refractivity contribution < 1.29 is 33.4 Å². The molecule has 168 valence electrons. The van der Waals surface area contributed by atoms with Gasteiger partial charge in [-0.05, 0) is 42.2 Å². The van der Waals surface area contributed by atoms with Crippen LogP contribution >= 0.6 is 11.6 Å². The highest BCUT2D eigenvalue weighted by atomic mass is 35.5. The van der Waals surface area contributed by atoms with Gasteiger partial charge in [-0.2, -0.15) is 0 Å². The minimum atomic E-state index is -1.18. The third-order valence-corrected chi connectivity index (χ3v) is 4.87. The molecule has 0 spiro atoms. The summed E-state index contributed by atoms with van der Waals surface area (Å²) in [7, 11) is 0. The molecule has 4 N–H and O–H groups in total. The maximum Gasteiger partial charge on any atom is 0.404 e. The van der Waals surface area contributed by atoms with Gasteiger partial charge in [-0.3, -0.25) is 10.0 Å². The van der Waals surface area contributed by atoms with Gasteiger partial charge in [0.1, 0.15) is 11.6 Å². The molecule has 0 bridgehead atoms. The molecule has 0 heterocycles. The lowest BCUT2D eigenvalue weighted by Crippen LogP contribution is -2.33. The van der Waals surface area contributed by atoms with Gasteiger partial charge in [-0.25, -0.2) is 19.1 Å². The molecule has 10 heteroatoms. The molecule has 2 atom stereocenters. The lowest BCUT2D eigenvalue weighted by Gasteiger charge is -2.28. The molecule has 0 saturated heterocycles. The van der Waals surface area contributed by atoms with Gasteiger partial charge in [0, 0.05) is 30.2 Å². The van der Waals surface area contributed by atoms with Gasteiger partial charge < -0.3 is 15.2 Å². The number of carbonyl (C=O) groups is 2. The number of ether oxygens (including phenoxy) is 1. The Morgan fingerprint density at radius 1 is 1.13 bits per heavy atom. The zero-order chi connectivity index (χ0) is 22.8. The lowest BCUT2D eigenvalue weighted by molar-refractivity contribution is -0.132. The first-order valence-electron chi connectivity index (χ1n) is 9.51. The molecule has 2 rings (SSSR count). The van der Waals surface area contributed by atoms with Crippen molar-refractivity contribution >= 4 is 23.6 Å². The number of hydrogen-bond donors (Lipinski definition) is 4. The Balaban J connectivity index is 2.29. The lowest BCUT2D eigenvalue weighted by atomic mass is 9.85. The predicted octanol–water partition coefficient (Wildman–Crippen LogP) is 3.88. The van der Waals surface area contributed by atoms with Gasteiger partial charge in [-0.15, -0.1) is 0 Å². The highest BCUT2D eigenvalue weighted by Gasteiger charge is 2.29. The molecule has 0 radical (unpaired) electrons. The van der Waals surface area contributed by atoms with Crippen molar-refractivity contribution in [2.45, 2.75) is 31.3 Å². The average Bonchev–Trinajstić information content (AvgIpc) is 2.72. The molecule has 0 aliphatic rings. The summed E-state index contributed by atoms with van der Waals surface area (Å²) in [6.07, 6.45) is -1.80. The van der Waals surface area contributed by atoms with E-state index < -0.39 is 35.7 Å². The molecule has 0 fully saturated rings. The van der Waals surface area contributed by atoms with Gasteiger partial charge in [0.25, 0.3) is 0 Å². The molecule has 2 aromatic rings. The van der Waals surface area contributed by atoms with Gasteiger partial charge in [0.15, 0.2) is 0 Å². The van der Waals surface area contributed by atoms with Crippen LogP contribution in [0.1, 0.15) is 29.9 Å². The number of hydroxylamine groups is 1. The fourth-order valence-electron chi connectivity index (χ4n) is 3.17. The van der Waals surface area contributed by atoms with E-state index >= 15 is 0 Å². The highest BCUT2D eigenvalue weighted by molar-refractivity contribution is 6.30. The van der Waals surface area contributed by atoms with Crippen molar-refractivity contribution in [3.8, 4) is 0 Å². The van der Waals surface area contributed by atoms with Crippen LogP contribution in [0, 0.1) is 11.6 Å². The van der Waals surface area contributed by atoms with Crippen LogP contribution in [0.5, 0.6) is 0 Å². The van der Waals surface area contributed by atoms with E-state index in [-0.39, 0.29) is 31.6 Å². The van der Waals surface area contributed by atoms with Gasteiger partial charge >= 0.3 is 6.09 Å². The summed E-state index contributed by atoms with van der Waals surface area (Å²) in [5.41, 5.74) is 2.46. The van der Waals surface area contributed by atoms with E-state index in [1.54, 1.807) is 24.3 Å². The number of amides is 2. The third kappa shape index (κ3) is 8.12. The second kappa shape index (κ2) is 12.2. The van der Waals surface area contributed by atoms with Crippen LogP contribution in [0.4, 0.5) is 13.6 Å². The number of carboxylic acid groups (broad SMARTS) is 1. The Morgan fingerprint density at radius 2 is 1.84 bits per heavy atom. The van der Waals surface area contributed by atoms with Crippen molar-refractivity contribution in [3.63, 3.8) is 0 Å². The molecule has 2 amide bonds. The maximum absolute atomic E-state index is 14.6. The van der Waals surface area contributed by atoms with E-state index in [9.17, 15) is 18.4 Å². The molecule has 2 aromatic carbocycles. The average molecular weight is 457 g/mol. The Labute approximate surface area is 182 Å². The van der Waals surface area contributed by atoms with Gasteiger partial charge in [-0.1, -0.05) is 29.8 Å². The highest BCUT2D eigenvalue weighted by Crippen LogP contribution is 2.31. The summed E-state index contributed by atoms with van der Waals surface area (Å²) in [6.45, 7) is 0.199. The first-order valence-corrected chi connectivity index (χ1v) is 9.88. The van der Waals surface area contributed by atoms with Crippen LogP contribution in [0.2, 0.25) is 5.02 Å². The quantitative estimate of drug-likeness (QED) is 0.233.